The summed E-state index contributed by atoms with van der Waals surface area (Å²) in [6, 6.07) is 12.3. The molecule has 2 aliphatic carbocycles. The molecule has 0 atom stereocenters. The van der Waals surface area contributed by atoms with E-state index in [0.29, 0.717) is 17.2 Å². The van der Waals surface area contributed by atoms with Gasteiger partial charge in [-0.1, -0.05) is 56.7 Å². The Morgan fingerprint density at radius 3 is 2.00 bits per heavy atom. The van der Waals surface area contributed by atoms with Gasteiger partial charge in [-0.05, 0) is 61.7 Å². The van der Waals surface area contributed by atoms with E-state index in [2.05, 4.69) is 17.7 Å². The van der Waals surface area contributed by atoms with Gasteiger partial charge in [0, 0.05) is 23.2 Å². The Morgan fingerprint density at radius 1 is 0.828 bits per heavy atom. The summed E-state index contributed by atoms with van der Waals surface area (Å²) >= 11 is 0. The third kappa shape index (κ3) is 6.40. The van der Waals surface area contributed by atoms with Gasteiger partial charge < -0.3 is 10.6 Å². The van der Waals surface area contributed by atoms with Crippen molar-refractivity contribution < 1.29 is 9.59 Å². The second-order valence-corrected chi connectivity index (χ2v) is 8.37. The Morgan fingerprint density at radius 2 is 1.41 bits per heavy atom. The molecular weight excluding hydrogens is 360 g/mol. The van der Waals surface area contributed by atoms with Crippen LogP contribution in [0.25, 0.3) is 10.8 Å². The van der Waals surface area contributed by atoms with Gasteiger partial charge in [-0.25, -0.2) is 0 Å². The molecule has 2 N–H and O–H groups in total. The summed E-state index contributed by atoms with van der Waals surface area (Å²) in [6.07, 6.45) is 13.8. The van der Waals surface area contributed by atoms with Gasteiger partial charge in [-0.3, -0.25) is 9.59 Å². The van der Waals surface area contributed by atoms with Crippen LogP contribution in [0.15, 0.2) is 36.4 Å². The largest absolute Gasteiger partial charge is 0.349 e. The quantitative estimate of drug-likeness (QED) is 0.696. The van der Waals surface area contributed by atoms with Crippen molar-refractivity contribution in [2.24, 2.45) is 0 Å². The zero-order valence-electron chi connectivity index (χ0n) is 17.6. The molecule has 1 amide bonds. The summed E-state index contributed by atoms with van der Waals surface area (Å²) in [5.41, 5.74) is 1.34. The summed E-state index contributed by atoms with van der Waals surface area (Å²) in [5, 5.41) is 8.39. The highest BCUT2D eigenvalue weighted by molar-refractivity contribution is 5.99. The number of amides is 1. The molecule has 2 aliphatic rings. The van der Waals surface area contributed by atoms with Gasteiger partial charge in [0.05, 0.1) is 0 Å². The number of fused-ring (bicyclic) bond motifs is 1. The Hall–Kier alpha value is -2.20. The van der Waals surface area contributed by atoms with Crippen LogP contribution in [0.4, 0.5) is 0 Å². The molecule has 0 radical (unpaired) electrons. The fourth-order valence-corrected chi connectivity index (χ4v) is 4.39. The van der Waals surface area contributed by atoms with Gasteiger partial charge in [0.15, 0.2) is 0 Å². The maximum absolute atomic E-state index is 12.3. The van der Waals surface area contributed by atoms with Crippen molar-refractivity contribution in [2.45, 2.75) is 76.3 Å². The van der Waals surface area contributed by atoms with Gasteiger partial charge in [-0.15, -0.1) is 0 Å². The summed E-state index contributed by atoms with van der Waals surface area (Å²) in [7, 11) is 2.07. The monoisotopic (exact) mass is 394 g/mol. The van der Waals surface area contributed by atoms with E-state index >= 15 is 0 Å². The minimum absolute atomic E-state index is 0.00302. The second-order valence-electron chi connectivity index (χ2n) is 8.37. The average Bonchev–Trinajstić information content (AvgIpc) is 2.80. The van der Waals surface area contributed by atoms with Gasteiger partial charge in [-0.2, -0.15) is 0 Å². The van der Waals surface area contributed by atoms with Crippen LogP contribution in [0, 0.1) is 0 Å². The molecule has 0 aliphatic heterocycles. The summed E-state index contributed by atoms with van der Waals surface area (Å²) in [5.74, 6) is 0.00302. The van der Waals surface area contributed by atoms with Crippen molar-refractivity contribution in [3.05, 3.63) is 47.5 Å². The van der Waals surface area contributed by atoms with Crippen LogP contribution in [0.1, 0.15) is 84.9 Å². The van der Waals surface area contributed by atoms with Crippen LogP contribution >= 0.6 is 0 Å². The Kier molecular flexibility index (Phi) is 8.24. The number of hydrogen-bond donors (Lipinski definition) is 2. The number of carbonyl (C=O) groups excluding carboxylic acids is 2. The zero-order chi connectivity index (χ0) is 20.5. The molecule has 0 aromatic heterocycles. The minimum Gasteiger partial charge on any atom is -0.349 e. The maximum Gasteiger partial charge on any atom is 0.251 e. The molecule has 0 saturated heterocycles. The van der Waals surface area contributed by atoms with Crippen molar-refractivity contribution >= 4 is 23.0 Å². The fourth-order valence-electron chi connectivity index (χ4n) is 4.39. The third-order valence-corrected chi connectivity index (χ3v) is 6.22. The van der Waals surface area contributed by atoms with Crippen LogP contribution in [-0.4, -0.2) is 31.3 Å². The molecule has 4 nitrogen and oxygen atoms in total. The Labute approximate surface area is 174 Å². The highest BCUT2D eigenvalue weighted by Crippen LogP contribution is 2.20. The first-order valence-electron chi connectivity index (χ1n) is 11.2. The number of aldehydes is 1. The second kappa shape index (κ2) is 11.1. The standard InChI is InChI=1S/C18H19NO2.C7H15N/c20-12-13-6-7-15-11-16(9-8-14(15)10-13)18(21)19-17-4-2-1-3-5-17;1-8-7-5-3-2-4-6-7/h6-12,17H,1-5H2,(H,19,21);7-8H,2-6H2,1H3. The van der Waals surface area contributed by atoms with Crippen LogP contribution < -0.4 is 10.6 Å². The molecular formula is C25H34N2O2. The van der Waals surface area contributed by atoms with Gasteiger partial charge in [0.1, 0.15) is 6.29 Å². The van der Waals surface area contributed by atoms with Crippen molar-refractivity contribution in [1.82, 2.24) is 10.6 Å². The lowest BCUT2D eigenvalue weighted by Crippen LogP contribution is -2.36. The van der Waals surface area contributed by atoms with Crippen molar-refractivity contribution in [3.63, 3.8) is 0 Å². The molecule has 2 aromatic rings. The third-order valence-electron chi connectivity index (χ3n) is 6.22. The molecule has 29 heavy (non-hydrogen) atoms. The lowest BCUT2D eigenvalue weighted by Gasteiger charge is -2.22. The molecule has 0 bridgehead atoms. The van der Waals surface area contributed by atoms with E-state index in [1.807, 2.05) is 30.3 Å². The predicted octanol–water partition coefficient (Wildman–Crippen LogP) is 5.25. The molecule has 2 aromatic carbocycles. The molecule has 2 fully saturated rings. The molecule has 2 saturated carbocycles. The molecule has 0 unspecified atom stereocenters. The van der Waals surface area contributed by atoms with Crippen molar-refractivity contribution in [1.29, 1.82) is 0 Å². The molecule has 4 rings (SSSR count). The van der Waals surface area contributed by atoms with E-state index in [9.17, 15) is 9.59 Å². The van der Waals surface area contributed by atoms with E-state index in [4.69, 9.17) is 0 Å². The van der Waals surface area contributed by atoms with Crippen LogP contribution in [0.3, 0.4) is 0 Å². The number of benzene rings is 2. The lowest BCUT2D eigenvalue weighted by molar-refractivity contribution is 0.0927. The molecule has 0 spiro atoms. The summed E-state index contributed by atoms with van der Waals surface area (Å²) in [4.78, 5) is 23.1. The number of hydrogen-bond acceptors (Lipinski definition) is 3. The SMILES string of the molecule is CNC1CCCCC1.O=Cc1ccc2cc(C(=O)NC3CCCCC3)ccc2c1. The van der Waals surface area contributed by atoms with Crippen LogP contribution in [0.5, 0.6) is 0 Å². The molecule has 156 valence electrons. The normalized spacial score (nSPS) is 18.0. The topological polar surface area (TPSA) is 58.2 Å². The summed E-state index contributed by atoms with van der Waals surface area (Å²) in [6.45, 7) is 0. The smallest absolute Gasteiger partial charge is 0.251 e. The van der Waals surface area contributed by atoms with Gasteiger partial charge in [0.25, 0.3) is 5.91 Å². The number of nitrogens with one attached hydrogen (secondary N) is 2. The summed E-state index contributed by atoms with van der Waals surface area (Å²) < 4.78 is 0. The van der Waals surface area contributed by atoms with E-state index in [1.54, 1.807) is 6.07 Å². The van der Waals surface area contributed by atoms with Crippen molar-refractivity contribution in [3.8, 4) is 0 Å². The highest BCUT2D eigenvalue weighted by Gasteiger charge is 2.16. The first-order valence-corrected chi connectivity index (χ1v) is 11.2. The van der Waals surface area contributed by atoms with E-state index < -0.39 is 0 Å². The lowest BCUT2D eigenvalue weighted by atomic mass is 9.95. The van der Waals surface area contributed by atoms with Crippen LogP contribution in [0.2, 0.25) is 0 Å². The Balaban J connectivity index is 0.000000252. The van der Waals surface area contributed by atoms with E-state index in [-0.39, 0.29) is 5.91 Å². The van der Waals surface area contributed by atoms with Gasteiger partial charge in [0.2, 0.25) is 0 Å². The molecule has 4 heteroatoms. The van der Waals surface area contributed by atoms with E-state index in [1.165, 1.54) is 51.4 Å². The minimum atomic E-state index is 0.00302. The maximum atomic E-state index is 12.3. The first-order chi connectivity index (χ1) is 14.2. The number of rotatable bonds is 4. The first kappa shape index (κ1) is 21.5. The Bertz CT molecular complexity index is 806. The predicted molar refractivity (Wildman–Crippen MR) is 120 cm³/mol. The fraction of sp³-hybridized carbons (Fsp3) is 0.520. The highest BCUT2D eigenvalue weighted by atomic mass is 16.1. The average molecular weight is 395 g/mol. The van der Waals surface area contributed by atoms with Crippen LogP contribution in [-0.2, 0) is 0 Å². The number of carbonyl (C=O) groups is 2. The van der Waals surface area contributed by atoms with E-state index in [0.717, 1.165) is 35.9 Å². The zero-order valence-corrected chi connectivity index (χ0v) is 17.6. The molecule has 0 heterocycles. The van der Waals surface area contributed by atoms with Gasteiger partial charge >= 0.3 is 0 Å². The van der Waals surface area contributed by atoms with Crippen molar-refractivity contribution in [2.75, 3.05) is 7.05 Å².